The number of rotatable bonds is 6. The van der Waals surface area contributed by atoms with E-state index >= 15 is 0 Å². The Balaban J connectivity index is 0.00000225. The highest BCUT2D eigenvalue weighted by Crippen LogP contribution is 2.26. The maximum Gasteiger partial charge on any atom is 0.220 e. The molecular formula is C19H24Cl2N2OS. The molecule has 1 fully saturated rings. The molecule has 0 aliphatic carbocycles. The topological polar surface area (TPSA) is 41.1 Å². The molecule has 3 nitrogen and oxygen atoms in total. The van der Waals surface area contributed by atoms with Crippen LogP contribution in [0.2, 0.25) is 5.02 Å². The molecule has 6 heteroatoms. The highest BCUT2D eigenvalue weighted by molar-refractivity contribution is 7.08. The normalized spacial score (nSPS) is 16.0. The molecule has 0 bridgehead atoms. The van der Waals surface area contributed by atoms with Crippen molar-refractivity contribution in [2.45, 2.75) is 31.7 Å². The predicted octanol–water partition coefficient (Wildman–Crippen LogP) is 4.81. The number of carbonyl (C=O) groups excluding carboxylic acids is 1. The van der Waals surface area contributed by atoms with Gasteiger partial charge in [-0.1, -0.05) is 23.7 Å². The summed E-state index contributed by atoms with van der Waals surface area (Å²) in [6.07, 6.45) is 3.93. The largest absolute Gasteiger partial charge is 0.345 e. The zero-order chi connectivity index (χ0) is 16.8. The average Bonchev–Trinajstić information content (AvgIpc) is 3.14. The summed E-state index contributed by atoms with van der Waals surface area (Å²) in [5.74, 6) is 0.798. The van der Waals surface area contributed by atoms with Gasteiger partial charge in [0.15, 0.2) is 0 Å². The van der Waals surface area contributed by atoms with Gasteiger partial charge in [-0.15, -0.1) is 12.4 Å². The Morgan fingerprint density at radius 2 is 1.92 bits per heavy atom. The molecule has 1 atom stereocenters. The summed E-state index contributed by atoms with van der Waals surface area (Å²) in [7, 11) is 0. The van der Waals surface area contributed by atoms with Gasteiger partial charge >= 0.3 is 0 Å². The van der Waals surface area contributed by atoms with Gasteiger partial charge in [-0.05, 0) is 78.4 Å². The van der Waals surface area contributed by atoms with Crippen molar-refractivity contribution < 1.29 is 4.79 Å². The Kier molecular flexibility index (Phi) is 8.24. The van der Waals surface area contributed by atoms with Gasteiger partial charge in [-0.3, -0.25) is 4.79 Å². The number of hydrogen-bond donors (Lipinski definition) is 2. The molecular weight excluding hydrogens is 375 g/mol. The van der Waals surface area contributed by atoms with Crippen molar-refractivity contribution in [1.29, 1.82) is 0 Å². The Morgan fingerprint density at radius 3 is 2.56 bits per heavy atom. The van der Waals surface area contributed by atoms with E-state index in [1.165, 1.54) is 12.8 Å². The van der Waals surface area contributed by atoms with Crippen LogP contribution in [0.5, 0.6) is 0 Å². The van der Waals surface area contributed by atoms with Crippen LogP contribution in [0.25, 0.3) is 0 Å². The second-order valence-electron chi connectivity index (χ2n) is 6.34. The van der Waals surface area contributed by atoms with E-state index in [0.717, 1.165) is 30.6 Å². The second kappa shape index (κ2) is 10.2. The van der Waals surface area contributed by atoms with Gasteiger partial charge in [-0.2, -0.15) is 11.3 Å². The first kappa shape index (κ1) is 20.2. The van der Waals surface area contributed by atoms with Crippen LogP contribution in [0.4, 0.5) is 0 Å². The minimum atomic E-state index is -0.103. The summed E-state index contributed by atoms with van der Waals surface area (Å²) >= 11 is 7.64. The van der Waals surface area contributed by atoms with Crippen LogP contribution in [0.3, 0.4) is 0 Å². The highest BCUT2D eigenvalue weighted by atomic mass is 35.5. The fraction of sp³-hybridized carbons (Fsp3) is 0.421. The first-order chi connectivity index (χ1) is 11.7. The van der Waals surface area contributed by atoms with Crippen molar-refractivity contribution in [2.24, 2.45) is 5.92 Å². The lowest BCUT2D eigenvalue weighted by atomic mass is 9.93. The van der Waals surface area contributed by atoms with Crippen molar-refractivity contribution in [1.82, 2.24) is 10.6 Å². The second-order valence-corrected chi connectivity index (χ2v) is 7.56. The third-order valence-electron chi connectivity index (χ3n) is 4.62. The summed E-state index contributed by atoms with van der Waals surface area (Å²) in [6.45, 7) is 2.16. The molecule has 1 amide bonds. The molecule has 3 rings (SSSR count). The molecule has 1 aliphatic heterocycles. The van der Waals surface area contributed by atoms with Gasteiger partial charge in [0, 0.05) is 11.4 Å². The minimum Gasteiger partial charge on any atom is -0.345 e. The van der Waals surface area contributed by atoms with E-state index < -0.39 is 0 Å². The molecule has 1 saturated heterocycles. The number of carbonyl (C=O) groups is 1. The Bertz CT molecular complexity index is 640. The van der Waals surface area contributed by atoms with Gasteiger partial charge in [-0.25, -0.2) is 0 Å². The average molecular weight is 399 g/mol. The first-order valence-electron chi connectivity index (χ1n) is 8.50. The van der Waals surface area contributed by atoms with Gasteiger partial charge < -0.3 is 10.6 Å². The molecule has 136 valence electrons. The lowest BCUT2D eigenvalue weighted by Gasteiger charge is -2.23. The lowest BCUT2D eigenvalue weighted by molar-refractivity contribution is -0.121. The van der Waals surface area contributed by atoms with Gasteiger partial charge in [0.2, 0.25) is 5.91 Å². The fourth-order valence-electron chi connectivity index (χ4n) is 3.19. The molecule has 2 N–H and O–H groups in total. The number of thiophene rings is 1. The molecule has 1 aromatic carbocycles. The molecule has 1 aliphatic rings. The standard InChI is InChI=1S/C19H23ClN2OS.ClH/c20-17-4-2-15(3-5-17)19(16-9-12-24-13-16)22-18(23)6-1-14-7-10-21-11-8-14;/h2-5,9,12-14,19,21H,1,6-8,10-11H2,(H,22,23);1H. The maximum absolute atomic E-state index is 12.5. The summed E-state index contributed by atoms with van der Waals surface area (Å²) < 4.78 is 0. The minimum absolute atomic E-state index is 0. The van der Waals surface area contributed by atoms with Crippen molar-refractivity contribution in [3.63, 3.8) is 0 Å². The quantitative estimate of drug-likeness (QED) is 0.732. The number of amides is 1. The van der Waals surface area contributed by atoms with Gasteiger partial charge in [0.05, 0.1) is 6.04 Å². The van der Waals surface area contributed by atoms with E-state index in [1.807, 2.05) is 29.6 Å². The van der Waals surface area contributed by atoms with E-state index in [9.17, 15) is 4.79 Å². The van der Waals surface area contributed by atoms with Crippen LogP contribution >= 0.6 is 35.3 Å². The lowest BCUT2D eigenvalue weighted by Crippen LogP contribution is -2.31. The molecule has 0 spiro atoms. The number of benzene rings is 1. The van der Waals surface area contributed by atoms with Crippen LogP contribution in [-0.4, -0.2) is 19.0 Å². The number of piperidine rings is 1. The Hall–Kier alpha value is -1.07. The summed E-state index contributed by atoms with van der Waals surface area (Å²) in [4.78, 5) is 12.5. The van der Waals surface area contributed by atoms with Crippen molar-refractivity contribution in [2.75, 3.05) is 13.1 Å². The Morgan fingerprint density at radius 1 is 1.20 bits per heavy atom. The third kappa shape index (κ3) is 6.00. The van der Waals surface area contributed by atoms with Crippen LogP contribution in [-0.2, 0) is 4.79 Å². The molecule has 0 radical (unpaired) electrons. The van der Waals surface area contributed by atoms with Gasteiger partial charge in [0.25, 0.3) is 0 Å². The maximum atomic E-state index is 12.5. The molecule has 0 saturated carbocycles. The van der Waals surface area contributed by atoms with Crippen LogP contribution in [0.15, 0.2) is 41.1 Å². The van der Waals surface area contributed by atoms with E-state index in [4.69, 9.17) is 11.6 Å². The smallest absolute Gasteiger partial charge is 0.220 e. The molecule has 1 unspecified atom stereocenters. The molecule has 25 heavy (non-hydrogen) atoms. The van der Waals surface area contributed by atoms with Crippen LogP contribution < -0.4 is 10.6 Å². The zero-order valence-corrected chi connectivity index (χ0v) is 16.4. The highest BCUT2D eigenvalue weighted by Gasteiger charge is 2.19. The molecule has 2 aromatic rings. The van der Waals surface area contributed by atoms with Crippen LogP contribution in [0.1, 0.15) is 42.9 Å². The van der Waals surface area contributed by atoms with E-state index in [-0.39, 0.29) is 24.4 Å². The van der Waals surface area contributed by atoms with Gasteiger partial charge in [0.1, 0.15) is 0 Å². The summed E-state index contributed by atoms with van der Waals surface area (Å²) in [5, 5.41) is 11.4. The molecule has 1 aromatic heterocycles. The predicted molar refractivity (Wildman–Crippen MR) is 108 cm³/mol. The fourth-order valence-corrected chi connectivity index (χ4v) is 4.00. The van der Waals surface area contributed by atoms with E-state index in [2.05, 4.69) is 22.1 Å². The number of nitrogens with one attached hydrogen (secondary N) is 2. The van der Waals surface area contributed by atoms with E-state index in [1.54, 1.807) is 11.3 Å². The van der Waals surface area contributed by atoms with Crippen molar-refractivity contribution in [3.8, 4) is 0 Å². The van der Waals surface area contributed by atoms with Crippen LogP contribution in [0, 0.1) is 5.92 Å². The number of halogens is 2. The Labute approximate surface area is 164 Å². The van der Waals surface area contributed by atoms with E-state index in [0.29, 0.717) is 17.4 Å². The summed E-state index contributed by atoms with van der Waals surface area (Å²) in [6, 6.07) is 9.68. The third-order valence-corrected chi connectivity index (χ3v) is 5.58. The SMILES string of the molecule is Cl.O=C(CCC1CCNCC1)NC(c1ccc(Cl)cc1)c1ccsc1. The van der Waals surface area contributed by atoms with Crippen molar-refractivity contribution in [3.05, 3.63) is 57.2 Å². The monoisotopic (exact) mass is 398 g/mol. The number of hydrogen-bond acceptors (Lipinski definition) is 3. The molecule has 2 heterocycles. The summed E-state index contributed by atoms with van der Waals surface area (Å²) in [5.41, 5.74) is 2.19. The first-order valence-corrected chi connectivity index (χ1v) is 9.82. The van der Waals surface area contributed by atoms with Crippen molar-refractivity contribution >= 4 is 41.3 Å². The zero-order valence-electron chi connectivity index (χ0n) is 14.0.